The van der Waals surface area contributed by atoms with E-state index in [9.17, 15) is 0 Å². The fraction of sp³-hybridized carbons (Fsp3) is 0.636. The molecule has 2 nitrogen and oxygen atoms in total. The Kier molecular flexibility index (Phi) is 1.69. The maximum atomic E-state index is 3.57. The van der Waals surface area contributed by atoms with E-state index in [1.54, 1.807) is 5.56 Å². The van der Waals surface area contributed by atoms with Gasteiger partial charge in [0.25, 0.3) is 0 Å². The Morgan fingerprint density at radius 3 is 2.77 bits per heavy atom. The lowest BCUT2D eigenvalue weighted by molar-refractivity contribution is 0.376. The zero-order valence-corrected chi connectivity index (χ0v) is 7.90. The Bertz CT molecular complexity index is 286. The molecule has 2 heterocycles. The molecular weight excluding hydrogens is 160 g/mol. The molecule has 2 N–H and O–H groups in total. The fourth-order valence-electron chi connectivity index (χ4n) is 2.37. The Balaban J connectivity index is 1.90. The van der Waals surface area contributed by atoms with Gasteiger partial charge in [0, 0.05) is 17.4 Å². The molecule has 0 amide bonds. The van der Waals surface area contributed by atoms with Gasteiger partial charge in [-0.1, -0.05) is 0 Å². The van der Waals surface area contributed by atoms with Gasteiger partial charge >= 0.3 is 0 Å². The molecule has 1 fully saturated rings. The number of nitrogens with one attached hydrogen (secondary N) is 2. The zero-order valence-electron chi connectivity index (χ0n) is 7.90. The largest absolute Gasteiger partial charge is 0.361 e. The van der Waals surface area contributed by atoms with Crippen molar-refractivity contribution < 1.29 is 0 Å². The van der Waals surface area contributed by atoms with Crippen LogP contribution in [0.3, 0.4) is 0 Å². The lowest BCUT2D eigenvalue weighted by Gasteiger charge is -2.26. The standard InChI is InChI=1S/C11H16N2/c1-2-4-9-8(3-1)7-11(13-9)10-5-6-12-10/h7,10,12-13H,1-6H2/t10-/m1/s1. The summed E-state index contributed by atoms with van der Waals surface area (Å²) in [6.07, 6.45) is 6.60. The Labute approximate surface area is 78.7 Å². The van der Waals surface area contributed by atoms with Crippen molar-refractivity contribution in [2.75, 3.05) is 6.54 Å². The minimum atomic E-state index is 0.630. The van der Waals surface area contributed by atoms with E-state index in [-0.39, 0.29) is 0 Å². The Hall–Kier alpha value is -0.760. The molecule has 0 unspecified atom stereocenters. The highest BCUT2D eigenvalue weighted by Crippen LogP contribution is 2.28. The van der Waals surface area contributed by atoms with E-state index in [0.717, 1.165) is 0 Å². The summed E-state index contributed by atoms with van der Waals surface area (Å²) in [5.41, 5.74) is 4.52. The molecule has 1 aliphatic carbocycles. The number of hydrogen-bond donors (Lipinski definition) is 2. The number of rotatable bonds is 1. The van der Waals surface area contributed by atoms with E-state index in [0.29, 0.717) is 6.04 Å². The maximum absolute atomic E-state index is 3.57. The van der Waals surface area contributed by atoms with Crippen LogP contribution < -0.4 is 5.32 Å². The summed E-state index contributed by atoms with van der Waals surface area (Å²) < 4.78 is 0. The Morgan fingerprint density at radius 2 is 2.08 bits per heavy atom. The SMILES string of the molecule is c1c([C@H]2CCN2)[nH]c2c1CCCC2. The van der Waals surface area contributed by atoms with Gasteiger partial charge in [-0.05, 0) is 50.3 Å². The first-order valence-electron chi connectivity index (χ1n) is 5.37. The molecule has 70 valence electrons. The van der Waals surface area contributed by atoms with E-state index in [4.69, 9.17) is 0 Å². The smallest absolute Gasteiger partial charge is 0.0485 e. The van der Waals surface area contributed by atoms with Crippen LogP contribution in [0.2, 0.25) is 0 Å². The predicted molar refractivity (Wildman–Crippen MR) is 52.8 cm³/mol. The summed E-state index contributed by atoms with van der Waals surface area (Å²) in [6.45, 7) is 1.19. The van der Waals surface area contributed by atoms with E-state index in [2.05, 4.69) is 16.4 Å². The molecule has 13 heavy (non-hydrogen) atoms. The van der Waals surface area contributed by atoms with Crippen LogP contribution in [0.1, 0.15) is 42.3 Å². The molecule has 1 aromatic heterocycles. The van der Waals surface area contributed by atoms with Crippen molar-refractivity contribution >= 4 is 0 Å². The number of fused-ring (bicyclic) bond motifs is 1. The molecule has 0 radical (unpaired) electrons. The molecule has 1 saturated heterocycles. The van der Waals surface area contributed by atoms with Crippen LogP contribution in [0.5, 0.6) is 0 Å². The quantitative estimate of drug-likeness (QED) is 0.672. The monoisotopic (exact) mass is 176 g/mol. The van der Waals surface area contributed by atoms with Crippen LogP contribution in [0.15, 0.2) is 6.07 Å². The molecule has 2 aliphatic rings. The third-order valence-corrected chi connectivity index (χ3v) is 3.33. The van der Waals surface area contributed by atoms with Crippen molar-refractivity contribution in [2.45, 2.75) is 38.1 Å². The van der Waals surface area contributed by atoms with E-state index < -0.39 is 0 Å². The summed E-state index contributed by atoms with van der Waals surface area (Å²) in [7, 11) is 0. The molecule has 1 aliphatic heterocycles. The van der Waals surface area contributed by atoms with Crippen LogP contribution in [-0.2, 0) is 12.8 Å². The molecular formula is C11H16N2. The topological polar surface area (TPSA) is 27.8 Å². The minimum absolute atomic E-state index is 0.630. The van der Waals surface area contributed by atoms with Crippen LogP contribution in [0.25, 0.3) is 0 Å². The number of aromatic nitrogens is 1. The number of H-pyrrole nitrogens is 1. The molecule has 2 heteroatoms. The summed E-state index contributed by atoms with van der Waals surface area (Å²) in [5.74, 6) is 0. The average Bonchev–Trinajstić information content (AvgIpc) is 2.43. The number of aromatic amines is 1. The molecule has 0 aromatic carbocycles. The van der Waals surface area contributed by atoms with Gasteiger partial charge in [-0.15, -0.1) is 0 Å². The van der Waals surface area contributed by atoms with Crippen molar-refractivity contribution in [3.8, 4) is 0 Å². The van der Waals surface area contributed by atoms with Crippen molar-refractivity contribution in [3.63, 3.8) is 0 Å². The highest BCUT2D eigenvalue weighted by atomic mass is 15.0. The summed E-state index contributed by atoms with van der Waals surface area (Å²) >= 11 is 0. The fourth-order valence-corrected chi connectivity index (χ4v) is 2.37. The summed E-state index contributed by atoms with van der Waals surface area (Å²) in [4.78, 5) is 3.57. The molecule has 0 spiro atoms. The van der Waals surface area contributed by atoms with Crippen molar-refractivity contribution in [1.82, 2.24) is 10.3 Å². The van der Waals surface area contributed by atoms with Crippen molar-refractivity contribution in [2.24, 2.45) is 0 Å². The van der Waals surface area contributed by atoms with Gasteiger partial charge in [-0.3, -0.25) is 0 Å². The zero-order chi connectivity index (χ0) is 8.67. The van der Waals surface area contributed by atoms with Crippen molar-refractivity contribution in [1.29, 1.82) is 0 Å². The van der Waals surface area contributed by atoms with Gasteiger partial charge < -0.3 is 10.3 Å². The van der Waals surface area contributed by atoms with Gasteiger partial charge in [-0.2, -0.15) is 0 Å². The predicted octanol–water partition coefficient (Wildman–Crippen LogP) is 1.93. The lowest BCUT2D eigenvalue weighted by Crippen LogP contribution is -2.35. The van der Waals surface area contributed by atoms with Gasteiger partial charge in [0.15, 0.2) is 0 Å². The first-order chi connectivity index (χ1) is 6.43. The molecule has 1 atom stereocenters. The van der Waals surface area contributed by atoms with Gasteiger partial charge in [-0.25, -0.2) is 0 Å². The third kappa shape index (κ3) is 1.20. The van der Waals surface area contributed by atoms with Gasteiger partial charge in [0.2, 0.25) is 0 Å². The summed E-state index contributed by atoms with van der Waals surface area (Å²) in [5, 5.41) is 3.44. The van der Waals surface area contributed by atoms with Gasteiger partial charge in [0.05, 0.1) is 0 Å². The lowest BCUT2D eigenvalue weighted by atomic mass is 9.97. The first-order valence-corrected chi connectivity index (χ1v) is 5.37. The van der Waals surface area contributed by atoms with Crippen LogP contribution in [-0.4, -0.2) is 11.5 Å². The second-order valence-electron chi connectivity index (χ2n) is 4.23. The maximum Gasteiger partial charge on any atom is 0.0485 e. The first kappa shape index (κ1) is 7.63. The molecule has 3 rings (SSSR count). The van der Waals surface area contributed by atoms with E-state index in [1.807, 2.05) is 0 Å². The Morgan fingerprint density at radius 1 is 1.23 bits per heavy atom. The highest BCUT2D eigenvalue weighted by molar-refractivity contribution is 5.30. The van der Waals surface area contributed by atoms with E-state index >= 15 is 0 Å². The highest BCUT2D eigenvalue weighted by Gasteiger charge is 2.22. The summed E-state index contributed by atoms with van der Waals surface area (Å²) in [6, 6.07) is 3.01. The normalized spacial score (nSPS) is 26.6. The van der Waals surface area contributed by atoms with Gasteiger partial charge in [0.1, 0.15) is 0 Å². The second kappa shape index (κ2) is 2.88. The van der Waals surface area contributed by atoms with Crippen LogP contribution >= 0.6 is 0 Å². The molecule has 1 aromatic rings. The number of aryl methyl sites for hydroxylation is 2. The molecule has 0 bridgehead atoms. The molecule has 0 saturated carbocycles. The van der Waals surface area contributed by atoms with Crippen LogP contribution in [0.4, 0.5) is 0 Å². The van der Waals surface area contributed by atoms with Crippen LogP contribution in [0, 0.1) is 0 Å². The van der Waals surface area contributed by atoms with E-state index in [1.165, 1.54) is 50.0 Å². The second-order valence-corrected chi connectivity index (χ2v) is 4.23. The minimum Gasteiger partial charge on any atom is -0.361 e. The average molecular weight is 176 g/mol. The number of hydrogen-bond acceptors (Lipinski definition) is 1. The third-order valence-electron chi connectivity index (χ3n) is 3.33. The van der Waals surface area contributed by atoms with Crippen molar-refractivity contribution in [3.05, 3.63) is 23.0 Å².